The predicted octanol–water partition coefficient (Wildman–Crippen LogP) is 3.51. The molecule has 0 saturated carbocycles. The Kier molecular flexibility index (Phi) is 3.66. The molecule has 0 aromatic heterocycles. The smallest absolute Gasteiger partial charge is 0.269 e. The van der Waals surface area contributed by atoms with Crippen LogP contribution in [0.2, 0.25) is 0 Å². The molecule has 2 aromatic carbocycles. The Labute approximate surface area is 121 Å². The first-order valence-electron chi connectivity index (χ1n) is 6.89. The van der Waals surface area contributed by atoms with E-state index >= 15 is 0 Å². The topological polar surface area (TPSA) is 55.2 Å². The maximum absolute atomic E-state index is 13.7. The number of nitro groups is 1. The molecular formula is C16H15FN2O2. The average molecular weight is 286 g/mol. The van der Waals surface area contributed by atoms with Crippen LogP contribution in [-0.4, -0.2) is 4.92 Å². The maximum atomic E-state index is 13.7. The molecule has 1 aliphatic rings. The summed E-state index contributed by atoms with van der Waals surface area (Å²) in [6.45, 7) is 0.610. The quantitative estimate of drug-likeness (QED) is 0.691. The Bertz CT molecular complexity index is 670. The molecule has 1 N–H and O–H groups in total. The van der Waals surface area contributed by atoms with Crippen LogP contribution in [0.3, 0.4) is 0 Å². The molecule has 0 radical (unpaired) electrons. The van der Waals surface area contributed by atoms with E-state index in [4.69, 9.17) is 0 Å². The highest BCUT2D eigenvalue weighted by atomic mass is 19.1. The lowest BCUT2D eigenvalue weighted by Gasteiger charge is -2.14. The van der Waals surface area contributed by atoms with E-state index in [1.165, 1.54) is 18.2 Å². The summed E-state index contributed by atoms with van der Waals surface area (Å²) in [7, 11) is 0. The van der Waals surface area contributed by atoms with E-state index in [0.717, 1.165) is 29.5 Å². The Hall–Kier alpha value is -2.27. The van der Waals surface area contributed by atoms with Crippen LogP contribution in [0.15, 0.2) is 42.5 Å². The number of rotatable bonds is 4. The first-order valence-corrected chi connectivity index (χ1v) is 6.89. The number of nitro benzene ring substituents is 1. The molecule has 0 bridgehead atoms. The maximum Gasteiger partial charge on any atom is 0.269 e. The van der Waals surface area contributed by atoms with E-state index in [0.29, 0.717) is 6.54 Å². The van der Waals surface area contributed by atoms with Gasteiger partial charge in [0.2, 0.25) is 0 Å². The summed E-state index contributed by atoms with van der Waals surface area (Å²) in [5, 5.41) is 14.0. The van der Waals surface area contributed by atoms with Crippen LogP contribution < -0.4 is 5.32 Å². The second kappa shape index (κ2) is 5.61. The van der Waals surface area contributed by atoms with Gasteiger partial charge in [-0.2, -0.15) is 0 Å². The first kappa shape index (κ1) is 13.7. The summed E-state index contributed by atoms with van der Waals surface area (Å²) in [4.78, 5) is 10.2. The van der Waals surface area contributed by atoms with Crippen molar-refractivity contribution in [2.24, 2.45) is 0 Å². The van der Waals surface area contributed by atoms with Crippen molar-refractivity contribution < 1.29 is 9.31 Å². The van der Waals surface area contributed by atoms with Gasteiger partial charge in [0.1, 0.15) is 5.82 Å². The zero-order chi connectivity index (χ0) is 14.8. The number of non-ortho nitro benzene ring substituents is 1. The summed E-state index contributed by atoms with van der Waals surface area (Å²) < 4.78 is 13.7. The van der Waals surface area contributed by atoms with E-state index in [-0.39, 0.29) is 17.5 Å². The molecule has 21 heavy (non-hydrogen) atoms. The zero-order valence-electron chi connectivity index (χ0n) is 11.4. The highest BCUT2D eigenvalue weighted by molar-refractivity contribution is 5.36. The van der Waals surface area contributed by atoms with Crippen molar-refractivity contribution in [3.63, 3.8) is 0 Å². The molecule has 1 atom stereocenters. The van der Waals surface area contributed by atoms with E-state index < -0.39 is 4.92 Å². The number of fused-ring (bicyclic) bond motifs is 1. The first-order chi connectivity index (χ1) is 10.1. The molecule has 108 valence electrons. The van der Waals surface area contributed by atoms with Gasteiger partial charge in [-0.1, -0.05) is 24.3 Å². The number of nitrogens with zero attached hydrogens (tertiary/aromatic N) is 1. The fourth-order valence-corrected chi connectivity index (χ4v) is 2.80. The van der Waals surface area contributed by atoms with Crippen LogP contribution in [0, 0.1) is 15.9 Å². The van der Waals surface area contributed by atoms with E-state index in [2.05, 4.69) is 5.32 Å². The van der Waals surface area contributed by atoms with E-state index in [1.54, 1.807) is 18.2 Å². The van der Waals surface area contributed by atoms with E-state index in [9.17, 15) is 14.5 Å². The second-order valence-corrected chi connectivity index (χ2v) is 5.20. The molecule has 2 aromatic rings. The third-order valence-electron chi connectivity index (χ3n) is 3.91. The van der Waals surface area contributed by atoms with Crippen molar-refractivity contribution in [1.29, 1.82) is 0 Å². The monoisotopic (exact) mass is 286 g/mol. The predicted molar refractivity (Wildman–Crippen MR) is 77.4 cm³/mol. The number of halogens is 1. The Morgan fingerprint density at radius 1 is 1.24 bits per heavy atom. The summed E-state index contributed by atoms with van der Waals surface area (Å²) in [5.74, 6) is -0.132. The largest absolute Gasteiger partial charge is 0.306 e. The summed E-state index contributed by atoms with van der Waals surface area (Å²) in [5.41, 5.74) is 2.90. The van der Waals surface area contributed by atoms with Gasteiger partial charge in [-0.25, -0.2) is 4.39 Å². The molecule has 0 amide bonds. The standard InChI is InChI=1S/C16H15FN2O2/c17-15-3-1-2-14-13(15)8-9-16(14)18-10-11-4-6-12(7-5-11)19(20)21/h1-7,16,18H,8-10H2. The minimum absolute atomic E-state index is 0.0898. The molecule has 0 spiro atoms. The molecule has 5 heteroatoms. The normalized spacial score (nSPS) is 16.7. The molecule has 0 aliphatic heterocycles. The number of nitrogens with one attached hydrogen (secondary N) is 1. The fraction of sp³-hybridized carbons (Fsp3) is 0.250. The third kappa shape index (κ3) is 2.78. The second-order valence-electron chi connectivity index (χ2n) is 5.20. The molecule has 0 saturated heterocycles. The van der Waals surface area contributed by atoms with Crippen molar-refractivity contribution in [2.45, 2.75) is 25.4 Å². The molecule has 0 heterocycles. The van der Waals surface area contributed by atoms with Gasteiger partial charge < -0.3 is 5.32 Å². The Balaban J connectivity index is 1.67. The molecule has 3 rings (SSSR count). The van der Waals surface area contributed by atoms with Crippen molar-refractivity contribution in [3.05, 3.63) is 75.1 Å². The van der Waals surface area contributed by atoms with Crippen molar-refractivity contribution in [3.8, 4) is 0 Å². The molecule has 4 nitrogen and oxygen atoms in total. The summed E-state index contributed by atoms with van der Waals surface area (Å²) in [6, 6.07) is 11.8. The van der Waals surface area contributed by atoms with Crippen LogP contribution >= 0.6 is 0 Å². The van der Waals surface area contributed by atoms with Crippen LogP contribution in [0.1, 0.15) is 29.2 Å². The van der Waals surface area contributed by atoms with Gasteiger partial charge in [-0.3, -0.25) is 10.1 Å². The van der Waals surface area contributed by atoms with Crippen molar-refractivity contribution >= 4 is 5.69 Å². The fourth-order valence-electron chi connectivity index (χ4n) is 2.80. The average Bonchev–Trinajstić information content (AvgIpc) is 2.90. The molecule has 1 unspecified atom stereocenters. The highest BCUT2D eigenvalue weighted by Gasteiger charge is 2.24. The lowest BCUT2D eigenvalue weighted by Crippen LogP contribution is -2.18. The zero-order valence-corrected chi connectivity index (χ0v) is 11.4. The lowest BCUT2D eigenvalue weighted by atomic mass is 10.1. The van der Waals surface area contributed by atoms with E-state index in [1.807, 2.05) is 6.07 Å². The third-order valence-corrected chi connectivity index (χ3v) is 3.91. The van der Waals surface area contributed by atoms with Crippen LogP contribution in [0.5, 0.6) is 0 Å². The molecular weight excluding hydrogens is 271 g/mol. The number of benzene rings is 2. The lowest BCUT2D eigenvalue weighted by molar-refractivity contribution is -0.384. The van der Waals surface area contributed by atoms with Gasteiger partial charge in [0.05, 0.1) is 4.92 Å². The summed E-state index contributed by atoms with van der Waals surface area (Å²) in [6.07, 6.45) is 1.63. The molecule has 0 fully saturated rings. The minimum Gasteiger partial charge on any atom is -0.306 e. The van der Waals surface area contributed by atoms with Crippen LogP contribution in [0.4, 0.5) is 10.1 Å². The molecule has 1 aliphatic carbocycles. The van der Waals surface area contributed by atoms with Gasteiger partial charge in [-0.15, -0.1) is 0 Å². The minimum atomic E-state index is -0.410. The summed E-state index contributed by atoms with van der Waals surface area (Å²) >= 11 is 0. The van der Waals surface area contributed by atoms with Crippen molar-refractivity contribution in [2.75, 3.05) is 0 Å². The SMILES string of the molecule is O=[N+]([O-])c1ccc(CNC2CCc3c(F)cccc32)cc1. The van der Waals surface area contributed by atoms with Gasteiger partial charge in [0.15, 0.2) is 0 Å². The number of hydrogen-bond donors (Lipinski definition) is 1. The van der Waals surface area contributed by atoms with Crippen LogP contribution in [-0.2, 0) is 13.0 Å². The Morgan fingerprint density at radius 2 is 2.00 bits per heavy atom. The van der Waals surface area contributed by atoms with Gasteiger partial charge >= 0.3 is 0 Å². The Morgan fingerprint density at radius 3 is 2.71 bits per heavy atom. The van der Waals surface area contributed by atoms with Gasteiger partial charge in [0.25, 0.3) is 5.69 Å². The van der Waals surface area contributed by atoms with Gasteiger partial charge in [0, 0.05) is 24.7 Å². The number of hydrogen-bond acceptors (Lipinski definition) is 3. The van der Waals surface area contributed by atoms with Gasteiger partial charge in [-0.05, 0) is 35.6 Å². The van der Waals surface area contributed by atoms with Crippen LogP contribution in [0.25, 0.3) is 0 Å². The highest BCUT2D eigenvalue weighted by Crippen LogP contribution is 2.32. The van der Waals surface area contributed by atoms with Crippen molar-refractivity contribution in [1.82, 2.24) is 5.32 Å².